The Labute approximate surface area is 138 Å². The average molecular weight is 321 g/mol. The van der Waals surface area contributed by atoms with Crippen molar-refractivity contribution in [1.82, 2.24) is 5.32 Å². The summed E-state index contributed by atoms with van der Waals surface area (Å²) in [5.41, 5.74) is 1.26. The lowest BCUT2D eigenvalue weighted by molar-refractivity contribution is -0.146. The fourth-order valence-electron chi connectivity index (χ4n) is 2.04. The van der Waals surface area contributed by atoms with E-state index in [1.165, 1.54) is 12.7 Å². The molecule has 23 heavy (non-hydrogen) atoms. The fraction of sp³-hybridized carbons (Fsp3) is 0.556. The van der Waals surface area contributed by atoms with Crippen LogP contribution in [0, 0.1) is 5.92 Å². The second-order valence-electron chi connectivity index (χ2n) is 6.88. The molecule has 0 radical (unpaired) electrons. The van der Waals surface area contributed by atoms with Crippen molar-refractivity contribution in [3.8, 4) is 5.75 Å². The van der Waals surface area contributed by atoms with E-state index in [0.29, 0.717) is 5.75 Å². The summed E-state index contributed by atoms with van der Waals surface area (Å²) < 4.78 is 10.2. The zero-order valence-electron chi connectivity index (χ0n) is 14.8. The molecule has 0 fully saturated rings. The SMILES string of the molecule is COC(=O)C(NC(=O)COc1ccc(C(C)(C)C)cc1)C(C)C. The van der Waals surface area contributed by atoms with E-state index in [1.54, 1.807) is 0 Å². The molecule has 0 aliphatic carbocycles. The molecule has 0 aliphatic rings. The Kier molecular flexibility index (Phi) is 6.61. The van der Waals surface area contributed by atoms with E-state index in [-0.39, 0.29) is 23.8 Å². The first-order valence-electron chi connectivity index (χ1n) is 7.75. The first-order valence-corrected chi connectivity index (χ1v) is 7.75. The number of esters is 1. The van der Waals surface area contributed by atoms with Gasteiger partial charge in [-0.1, -0.05) is 46.8 Å². The van der Waals surface area contributed by atoms with Crippen LogP contribution in [0.15, 0.2) is 24.3 Å². The number of nitrogens with one attached hydrogen (secondary N) is 1. The first kappa shape index (κ1) is 19.0. The third-order valence-corrected chi connectivity index (χ3v) is 3.53. The predicted octanol–water partition coefficient (Wildman–Crippen LogP) is 2.68. The van der Waals surface area contributed by atoms with E-state index < -0.39 is 12.0 Å². The number of amides is 1. The highest BCUT2D eigenvalue weighted by molar-refractivity contribution is 5.85. The van der Waals surface area contributed by atoms with Crippen LogP contribution in [0.2, 0.25) is 0 Å². The van der Waals surface area contributed by atoms with E-state index in [9.17, 15) is 9.59 Å². The molecule has 5 nitrogen and oxygen atoms in total. The van der Waals surface area contributed by atoms with Crippen molar-refractivity contribution in [2.45, 2.75) is 46.1 Å². The molecule has 1 atom stereocenters. The molecule has 1 amide bonds. The summed E-state index contributed by atoms with van der Waals surface area (Å²) in [5.74, 6) is -0.248. The summed E-state index contributed by atoms with van der Waals surface area (Å²) in [5, 5.41) is 2.63. The van der Waals surface area contributed by atoms with Gasteiger partial charge in [0.25, 0.3) is 5.91 Å². The summed E-state index contributed by atoms with van der Waals surface area (Å²) in [6, 6.07) is 6.98. The van der Waals surface area contributed by atoms with Gasteiger partial charge >= 0.3 is 5.97 Å². The van der Waals surface area contributed by atoms with Crippen molar-refractivity contribution in [3.63, 3.8) is 0 Å². The van der Waals surface area contributed by atoms with Crippen molar-refractivity contribution in [2.75, 3.05) is 13.7 Å². The van der Waals surface area contributed by atoms with Crippen LogP contribution in [0.3, 0.4) is 0 Å². The van der Waals surface area contributed by atoms with Crippen LogP contribution in [0.5, 0.6) is 5.75 Å². The third-order valence-electron chi connectivity index (χ3n) is 3.53. The lowest BCUT2D eigenvalue weighted by Crippen LogP contribution is -2.46. The van der Waals surface area contributed by atoms with Crippen LogP contribution in [-0.2, 0) is 19.7 Å². The van der Waals surface area contributed by atoms with Gasteiger partial charge in [-0.2, -0.15) is 0 Å². The van der Waals surface area contributed by atoms with Crippen LogP contribution in [0.1, 0.15) is 40.2 Å². The molecule has 1 rings (SSSR count). The van der Waals surface area contributed by atoms with E-state index in [4.69, 9.17) is 4.74 Å². The summed E-state index contributed by atoms with van der Waals surface area (Å²) in [6.07, 6.45) is 0. The minimum atomic E-state index is -0.667. The topological polar surface area (TPSA) is 64.6 Å². The highest BCUT2D eigenvalue weighted by Gasteiger charge is 2.24. The van der Waals surface area contributed by atoms with Gasteiger partial charge in [0.15, 0.2) is 6.61 Å². The fourth-order valence-corrected chi connectivity index (χ4v) is 2.04. The average Bonchev–Trinajstić information content (AvgIpc) is 2.49. The van der Waals surface area contributed by atoms with Gasteiger partial charge in [0.1, 0.15) is 11.8 Å². The summed E-state index contributed by atoms with van der Waals surface area (Å²) in [6.45, 7) is 9.94. The zero-order chi connectivity index (χ0) is 17.6. The third kappa shape index (κ3) is 5.93. The Bertz CT molecular complexity index is 529. The van der Waals surface area contributed by atoms with Crippen LogP contribution in [0.4, 0.5) is 0 Å². The molecule has 128 valence electrons. The van der Waals surface area contributed by atoms with Gasteiger partial charge in [-0.15, -0.1) is 0 Å². The molecule has 0 saturated carbocycles. The monoisotopic (exact) mass is 321 g/mol. The maximum absolute atomic E-state index is 11.9. The van der Waals surface area contributed by atoms with E-state index >= 15 is 0 Å². The molecule has 1 aromatic carbocycles. The number of benzene rings is 1. The summed E-state index contributed by atoms with van der Waals surface area (Å²) in [4.78, 5) is 23.6. The maximum Gasteiger partial charge on any atom is 0.328 e. The summed E-state index contributed by atoms with van der Waals surface area (Å²) >= 11 is 0. The van der Waals surface area contributed by atoms with Crippen molar-refractivity contribution in [1.29, 1.82) is 0 Å². The number of methoxy groups -OCH3 is 1. The molecule has 0 spiro atoms. The second-order valence-corrected chi connectivity index (χ2v) is 6.88. The number of hydrogen-bond acceptors (Lipinski definition) is 4. The van der Waals surface area contributed by atoms with Crippen LogP contribution < -0.4 is 10.1 Å². The molecule has 0 aliphatic heterocycles. The Morgan fingerprint density at radius 3 is 2.13 bits per heavy atom. The van der Waals surface area contributed by atoms with Gasteiger partial charge < -0.3 is 14.8 Å². The molecular weight excluding hydrogens is 294 g/mol. The normalized spacial score (nSPS) is 12.7. The molecule has 0 aromatic heterocycles. The molecule has 0 bridgehead atoms. The van der Waals surface area contributed by atoms with Crippen molar-refractivity contribution in [2.24, 2.45) is 5.92 Å². The number of carbonyl (C=O) groups is 2. The highest BCUT2D eigenvalue weighted by atomic mass is 16.5. The minimum absolute atomic E-state index is 0.0579. The Balaban J connectivity index is 2.57. The van der Waals surface area contributed by atoms with Crippen LogP contribution >= 0.6 is 0 Å². The van der Waals surface area contributed by atoms with Crippen LogP contribution in [0.25, 0.3) is 0 Å². The number of carbonyl (C=O) groups excluding carboxylic acids is 2. The maximum atomic E-state index is 11.9. The van der Waals surface area contributed by atoms with Gasteiger partial charge in [0.05, 0.1) is 7.11 Å². The van der Waals surface area contributed by atoms with Gasteiger partial charge in [-0.25, -0.2) is 4.79 Å². The van der Waals surface area contributed by atoms with Crippen molar-refractivity contribution >= 4 is 11.9 Å². The largest absolute Gasteiger partial charge is 0.484 e. The Morgan fingerprint density at radius 2 is 1.70 bits per heavy atom. The Hall–Kier alpha value is -2.04. The standard InChI is InChI=1S/C18H27NO4/c1-12(2)16(17(21)22-6)19-15(20)11-23-14-9-7-13(8-10-14)18(3,4)5/h7-10,12,16H,11H2,1-6H3,(H,19,20). The molecule has 0 heterocycles. The minimum Gasteiger partial charge on any atom is -0.484 e. The predicted molar refractivity (Wildman–Crippen MR) is 89.4 cm³/mol. The van der Waals surface area contributed by atoms with Gasteiger partial charge in [0.2, 0.25) is 0 Å². The molecular formula is C18H27NO4. The number of ether oxygens (including phenoxy) is 2. The molecule has 0 saturated heterocycles. The lowest BCUT2D eigenvalue weighted by Gasteiger charge is -2.20. The zero-order valence-corrected chi connectivity index (χ0v) is 14.8. The number of rotatable bonds is 6. The van der Waals surface area contributed by atoms with Crippen molar-refractivity contribution < 1.29 is 19.1 Å². The quantitative estimate of drug-likeness (QED) is 0.818. The van der Waals surface area contributed by atoms with E-state index in [0.717, 1.165) is 0 Å². The van der Waals surface area contributed by atoms with Crippen molar-refractivity contribution in [3.05, 3.63) is 29.8 Å². The second kappa shape index (κ2) is 7.99. The Morgan fingerprint density at radius 1 is 1.13 bits per heavy atom. The van der Waals surface area contributed by atoms with E-state index in [2.05, 4.69) is 30.8 Å². The molecule has 1 aromatic rings. The molecule has 1 N–H and O–H groups in total. The van der Waals surface area contributed by atoms with Gasteiger partial charge in [-0.05, 0) is 29.0 Å². The van der Waals surface area contributed by atoms with Gasteiger partial charge in [-0.3, -0.25) is 4.79 Å². The highest BCUT2D eigenvalue weighted by Crippen LogP contribution is 2.24. The number of hydrogen-bond donors (Lipinski definition) is 1. The summed E-state index contributed by atoms with van der Waals surface area (Å²) in [7, 11) is 1.30. The van der Waals surface area contributed by atoms with Crippen LogP contribution in [-0.4, -0.2) is 31.6 Å². The van der Waals surface area contributed by atoms with Gasteiger partial charge in [0, 0.05) is 0 Å². The van der Waals surface area contributed by atoms with E-state index in [1.807, 2.05) is 38.1 Å². The molecule has 5 heteroatoms. The first-order chi connectivity index (χ1) is 10.6. The molecule has 1 unspecified atom stereocenters. The smallest absolute Gasteiger partial charge is 0.328 e. The lowest BCUT2D eigenvalue weighted by atomic mass is 9.87.